The Hall–Kier alpha value is -4.82. The summed E-state index contributed by atoms with van der Waals surface area (Å²) in [5.74, 6) is 0.183. The Bertz CT molecular complexity index is 1440. The van der Waals surface area contributed by atoms with Gasteiger partial charge in [-0.25, -0.2) is 4.79 Å². The lowest BCUT2D eigenvalue weighted by Gasteiger charge is -2.40. The number of anilines is 1. The Balaban J connectivity index is 1.77. The number of aryl methyl sites for hydroxylation is 1. The first-order valence-electron chi connectivity index (χ1n) is 11.1. The molecule has 0 aromatic heterocycles. The van der Waals surface area contributed by atoms with Crippen LogP contribution in [0, 0.1) is 19.5 Å². The van der Waals surface area contributed by atoms with Crippen LogP contribution in [-0.4, -0.2) is 12.1 Å². The lowest BCUT2D eigenvalue weighted by molar-refractivity contribution is 0.0986. The number of amides is 1. The van der Waals surface area contributed by atoms with E-state index in [0.29, 0.717) is 5.56 Å². The van der Waals surface area contributed by atoms with E-state index in [1.807, 2.05) is 90.7 Å². The molecule has 1 aliphatic heterocycles. The van der Waals surface area contributed by atoms with E-state index in [1.165, 1.54) is 0 Å². The average molecular weight is 460 g/mol. The van der Waals surface area contributed by atoms with Crippen LogP contribution in [0.4, 0.5) is 10.5 Å². The molecule has 5 heteroatoms. The summed E-state index contributed by atoms with van der Waals surface area (Å²) in [6.45, 7) is 2.03. The molecule has 4 aromatic carbocycles. The molecule has 1 atom stereocenters. The molecule has 170 valence electrons. The Kier molecular flexibility index (Phi) is 5.56. The molecule has 0 N–H and O–H groups in total. The minimum Gasteiger partial charge on any atom is -0.394 e. The maximum Gasteiger partial charge on any atom is 0.528 e. The van der Waals surface area contributed by atoms with Crippen LogP contribution in [0.25, 0.3) is 0 Å². The van der Waals surface area contributed by atoms with Crippen molar-refractivity contribution >= 4 is 17.7 Å². The van der Waals surface area contributed by atoms with Crippen molar-refractivity contribution in [2.45, 2.75) is 12.5 Å². The number of rotatable bonds is 4. The molecular weight excluding hydrogens is 438 g/mol. The molecule has 1 unspecified atom stereocenters. The molecule has 0 aliphatic carbocycles. The fourth-order valence-electron chi connectivity index (χ4n) is 4.73. The first-order chi connectivity index (χ1) is 17.1. The van der Waals surface area contributed by atoms with Gasteiger partial charge in [0.2, 0.25) is 0 Å². The van der Waals surface area contributed by atoms with Crippen LogP contribution in [0.3, 0.4) is 0 Å². The lowest BCUT2D eigenvalue weighted by atomic mass is 9.76. The number of carbonyl (C=O) groups excluding carboxylic acids is 2. The smallest absolute Gasteiger partial charge is 0.394 e. The summed E-state index contributed by atoms with van der Waals surface area (Å²) >= 11 is 0. The predicted octanol–water partition coefficient (Wildman–Crippen LogP) is 6.05. The number of carbonyl (C=O) groups is 2. The fourth-order valence-corrected chi connectivity index (χ4v) is 4.73. The van der Waals surface area contributed by atoms with Gasteiger partial charge in [0.1, 0.15) is 17.4 Å². The molecular formula is C30H21NO4. The highest BCUT2D eigenvalue weighted by atomic mass is 16.7. The van der Waals surface area contributed by atoms with Crippen molar-refractivity contribution in [3.05, 3.63) is 131 Å². The Morgan fingerprint density at radius 2 is 1.43 bits per heavy atom. The van der Waals surface area contributed by atoms with Crippen molar-refractivity contribution in [1.82, 2.24) is 0 Å². The second-order valence-corrected chi connectivity index (χ2v) is 8.19. The van der Waals surface area contributed by atoms with E-state index in [-0.39, 0.29) is 11.7 Å². The number of hydrogen-bond acceptors (Lipinski definition) is 4. The van der Waals surface area contributed by atoms with Crippen molar-refractivity contribution in [1.29, 1.82) is 0 Å². The summed E-state index contributed by atoms with van der Waals surface area (Å²) in [6, 6.07) is 32.5. The van der Waals surface area contributed by atoms with E-state index < -0.39 is 11.7 Å². The second kappa shape index (κ2) is 8.85. The van der Waals surface area contributed by atoms with Crippen LogP contribution in [0.15, 0.2) is 103 Å². The van der Waals surface area contributed by atoms with Crippen molar-refractivity contribution in [2.24, 2.45) is 0 Å². The average Bonchev–Trinajstić information content (AvgIpc) is 3.15. The number of fused-ring (bicyclic) bond motifs is 1. The number of para-hydroxylation sites is 1. The first kappa shape index (κ1) is 22.0. The van der Waals surface area contributed by atoms with Crippen LogP contribution in [0.5, 0.6) is 5.75 Å². The van der Waals surface area contributed by atoms with E-state index in [9.17, 15) is 9.59 Å². The summed E-state index contributed by atoms with van der Waals surface area (Å²) in [5, 5.41) is 0. The standard InChI is InChI=1S/C30H21NO4/c1-3-34-29(33)35-25-19-17-23(18-20-25)30(22-15-13-21(2)14-16-22)27-12-8-7-11-26(27)28(32)31(30)24-9-5-4-6-10-24/h1,4-20H,2H3. The van der Waals surface area contributed by atoms with Gasteiger partial charge in [0, 0.05) is 11.3 Å². The highest BCUT2D eigenvalue weighted by Crippen LogP contribution is 2.51. The quantitative estimate of drug-likeness (QED) is 0.212. The summed E-state index contributed by atoms with van der Waals surface area (Å²) in [4.78, 5) is 27.4. The number of hydrogen-bond donors (Lipinski definition) is 0. The Morgan fingerprint density at radius 3 is 2.09 bits per heavy atom. The zero-order valence-corrected chi connectivity index (χ0v) is 19.0. The van der Waals surface area contributed by atoms with Crippen molar-refractivity contribution in [3.8, 4) is 18.3 Å². The SMILES string of the molecule is C#COC(=O)Oc1ccc(C2(c3ccc(C)cc3)c3ccccc3C(=O)N2c2ccccc2)cc1. The molecule has 1 heterocycles. The van der Waals surface area contributed by atoms with E-state index in [4.69, 9.17) is 11.2 Å². The van der Waals surface area contributed by atoms with E-state index in [1.54, 1.807) is 18.2 Å². The fraction of sp³-hybridized carbons (Fsp3) is 0.0667. The van der Waals surface area contributed by atoms with Gasteiger partial charge in [-0.15, -0.1) is 0 Å². The Morgan fingerprint density at radius 1 is 0.829 bits per heavy atom. The number of nitrogens with zero attached hydrogens (tertiary/aromatic N) is 1. The maximum absolute atomic E-state index is 13.9. The van der Waals surface area contributed by atoms with Gasteiger partial charge < -0.3 is 9.47 Å². The van der Waals surface area contributed by atoms with Gasteiger partial charge in [0.05, 0.1) is 0 Å². The van der Waals surface area contributed by atoms with Crippen LogP contribution in [0.1, 0.15) is 32.6 Å². The predicted molar refractivity (Wildman–Crippen MR) is 133 cm³/mol. The second-order valence-electron chi connectivity index (χ2n) is 8.19. The van der Waals surface area contributed by atoms with Crippen LogP contribution >= 0.6 is 0 Å². The topological polar surface area (TPSA) is 55.8 Å². The van der Waals surface area contributed by atoms with E-state index in [0.717, 1.165) is 27.9 Å². The van der Waals surface area contributed by atoms with Crippen molar-refractivity contribution in [2.75, 3.05) is 4.90 Å². The molecule has 1 amide bonds. The highest BCUT2D eigenvalue weighted by Gasteiger charge is 2.52. The Labute approximate surface area is 203 Å². The number of benzene rings is 4. The molecule has 5 rings (SSSR count). The minimum atomic E-state index is -0.985. The van der Waals surface area contributed by atoms with Gasteiger partial charge in [-0.1, -0.05) is 84.8 Å². The third-order valence-corrected chi connectivity index (χ3v) is 6.19. The summed E-state index contributed by atoms with van der Waals surface area (Å²) < 4.78 is 9.57. The minimum absolute atomic E-state index is 0.0923. The molecule has 1 aliphatic rings. The molecule has 35 heavy (non-hydrogen) atoms. The highest BCUT2D eigenvalue weighted by molar-refractivity contribution is 6.13. The van der Waals surface area contributed by atoms with Crippen molar-refractivity contribution in [3.63, 3.8) is 0 Å². The normalized spacial score (nSPS) is 16.3. The number of terminal acetylenes is 1. The molecule has 0 radical (unpaired) electrons. The molecule has 0 saturated heterocycles. The van der Waals surface area contributed by atoms with E-state index >= 15 is 0 Å². The summed E-state index contributed by atoms with van der Waals surface area (Å²) in [5.41, 5.74) is 4.22. The van der Waals surface area contributed by atoms with Gasteiger partial charge in [-0.2, -0.15) is 0 Å². The third kappa shape index (κ3) is 3.62. The number of ether oxygens (including phenoxy) is 2. The maximum atomic E-state index is 13.9. The van der Waals surface area contributed by atoms with Crippen LogP contribution < -0.4 is 9.64 Å². The van der Waals surface area contributed by atoms with Gasteiger partial charge >= 0.3 is 6.16 Å². The van der Waals surface area contributed by atoms with Crippen LogP contribution in [-0.2, 0) is 10.3 Å². The van der Waals surface area contributed by atoms with E-state index in [2.05, 4.69) is 16.9 Å². The summed E-state index contributed by atoms with van der Waals surface area (Å²) in [7, 11) is 0. The molecule has 4 aromatic rings. The largest absolute Gasteiger partial charge is 0.528 e. The van der Waals surface area contributed by atoms with Gasteiger partial charge in [0.15, 0.2) is 0 Å². The molecule has 5 nitrogen and oxygen atoms in total. The summed E-state index contributed by atoms with van der Waals surface area (Å²) in [6.07, 6.45) is 5.81. The monoisotopic (exact) mass is 459 g/mol. The van der Waals surface area contributed by atoms with Crippen molar-refractivity contribution < 1.29 is 19.1 Å². The van der Waals surface area contributed by atoms with Gasteiger partial charge in [-0.05, 0) is 53.9 Å². The zero-order valence-electron chi connectivity index (χ0n) is 19.0. The molecule has 0 bridgehead atoms. The molecule has 0 spiro atoms. The van der Waals surface area contributed by atoms with Crippen LogP contribution in [0.2, 0.25) is 0 Å². The third-order valence-electron chi connectivity index (χ3n) is 6.19. The zero-order chi connectivity index (χ0) is 24.4. The molecule has 0 fully saturated rings. The first-order valence-corrected chi connectivity index (χ1v) is 11.1. The molecule has 0 saturated carbocycles. The lowest BCUT2D eigenvalue weighted by Crippen LogP contribution is -2.46. The van der Waals surface area contributed by atoms with Gasteiger partial charge in [-0.3, -0.25) is 9.69 Å². The van der Waals surface area contributed by atoms with Gasteiger partial charge in [0.25, 0.3) is 5.91 Å².